The third kappa shape index (κ3) is 4.29. The minimum absolute atomic E-state index is 0.0749. The van der Waals surface area contributed by atoms with Crippen molar-refractivity contribution in [3.8, 4) is 11.5 Å². The van der Waals surface area contributed by atoms with Crippen LogP contribution in [0.1, 0.15) is 25.5 Å². The molecule has 0 saturated heterocycles. The molecule has 134 valence electrons. The van der Waals surface area contributed by atoms with E-state index in [9.17, 15) is 9.59 Å². The maximum absolute atomic E-state index is 12.1. The van der Waals surface area contributed by atoms with Gasteiger partial charge < -0.3 is 25.8 Å². The monoisotopic (exact) mass is 427 g/mol. The number of primary amides is 1. The highest BCUT2D eigenvalue weighted by atomic mass is 79.9. The number of carbonyl (C=O) groups is 2. The molecule has 1 atom stereocenters. The summed E-state index contributed by atoms with van der Waals surface area (Å²) in [6.45, 7) is 3.02. The molecule has 7 nitrogen and oxygen atoms in total. The largest absolute Gasteiger partial charge is 0.493 e. The molecule has 0 radical (unpaired) electrons. The maximum atomic E-state index is 12.1. The van der Waals surface area contributed by atoms with E-state index in [1.807, 2.05) is 0 Å². The van der Waals surface area contributed by atoms with Crippen LogP contribution in [0.3, 0.4) is 0 Å². The van der Waals surface area contributed by atoms with Crippen LogP contribution in [-0.4, -0.2) is 30.5 Å². The number of nitrogens with two attached hydrogens (primary N) is 1. The summed E-state index contributed by atoms with van der Waals surface area (Å²) >= 11 is 8.61. The summed E-state index contributed by atoms with van der Waals surface area (Å²) < 4.78 is 11.3. The summed E-state index contributed by atoms with van der Waals surface area (Å²) in [4.78, 5) is 23.0. The lowest BCUT2D eigenvalue weighted by molar-refractivity contribution is -0.120. The number of rotatable bonds is 6. The number of halogens is 1. The van der Waals surface area contributed by atoms with E-state index in [0.29, 0.717) is 32.4 Å². The van der Waals surface area contributed by atoms with Gasteiger partial charge in [0.1, 0.15) is 0 Å². The molecule has 1 aliphatic heterocycles. The van der Waals surface area contributed by atoms with Crippen LogP contribution >= 0.6 is 28.1 Å². The van der Waals surface area contributed by atoms with E-state index in [4.69, 9.17) is 27.4 Å². The van der Waals surface area contributed by atoms with Gasteiger partial charge in [-0.2, -0.15) is 0 Å². The Labute approximate surface area is 159 Å². The van der Waals surface area contributed by atoms with E-state index in [0.717, 1.165) is 5.56 Å². The van der Waals surface area contributed by atoms with E-state index in [-0.39, 0.29) is 12.4 Å². The number of hydrogen-bond donors (Lipinski definition) is 3. The van der Waals surface area contributed by atoms with Gasteiger partial charge in [0.05, 0.1) is 17.6 Å². The molecule has 1 aliphatic rings. The van der Waals surface area contributed by atoms with Crippen LogP contribution in [0.15, 0.2) is 27.9 Å². The number of amides is 1. The Morgan fingerprint density at radius 2 is 2.08 bits per heavy atom. The molecule has 1 amide bonds. The zero-order valence-corrected chi connectivity index (χ0v) is 16.3. The number of benzene rings is 1. The highest BCUT2D eigenvalue weighted by molar-refractivity contribution is 9.10. The molecule has 25 heavy (non-hydrogen) atoms. The van der Waals surface area contributed by atoms with Gasteiger partial charge in [0.15, 0.2) is 29.0 Å². The second kappa shape index (κ2) is 7.83. The number of Topliss-reactive ketones (excluding diaryl/α,β-unsaturated/α-hetero) is 1. The fourth-order valence-corrected chi connectivity index (χ4v) is 3.45. The standard InChI is InChI=1S/C16H18BrN3O4S/c1-7-13(8(2)21)14(20-16(25)19-7)9-4-10(17)15(11(5-9)23-3)24-6-12(18)22/h4-5,14H,6H2,1-3H3,(H2,18,22)(H2,19,20,25)/t14-/m1/s1. The van der Waals surface area contributed by atoms with Crippen LogP contribution in [0.2, 0.25) is 0 Å². The number of thiocarbonyl (C=S) groups is 1. The molecule has 1 aromatic rings. The summed E-state index contributed by atoms with van der Waals surface area (Å²) in [5.41, 5.74) is 7.15. The summed E-state index contributed by atoms with van der Waals surface area (Å²) in [6, 6.07) is 3.07. The van der Waals surface area contributed by atoms with E-state index in [1.165, 1.54) is 14.0 Å². The molecule has 9 heteroatoms. The van der Waals surface area contributed by atoms with E-state index in [2.05, 4.69) is 26.6 Å². The fraction of sp³-hybridized carbons (Fsp3) is 0.312. The summed E-state index contributed by atoms with van der Waals surface area (Å²) in [5, 5.41) is 6.48. The first-order valence-corrected chi connectivity index (χ1v) is 8.52. The number of hydrogen-bond acceptors (Lipinski definition) is 5. The molecule has 0 fully saturated rings. The first-order valence-electron chi connectivity index (χ1n) is 7.32. The lowest BCUT2D eigenvalue weighted by Crippen LogP contribution is -2.44. The number of nitrogens with one attached hydrogen (secondary N) is 2. The Hall–Kier alpha value is -2.13. The van der Waals surface area contributed by atoms with Crippen LogP contribution in [-0.2, 0) is 9.59 Å². The molecular formula is C16H18BrN3O4S. The van der Waals surface area contributed by atoms with Gasteiger partial charge in [0, 0.05) is 11.3 Å². The first-order chi connectivity index (χ1) is 11.7. The number of carbonyl (C=O) groups excluding carboxylic acids is 2. The third-order valence-corrected chi connectivity index (χ3v) is 4.40. The maximum Gasteiger partial charge on any atom is 0.255 e. The van der Waals surface area contributed by atoms with Gasteiger partial charge in [-0.3, -0.25) is 9.59 Å². The second-order valence-electron chi connectivity index (χ2n) is 5.42. The molecule has 2 rings (SSSR count). The van der Waals surface area contributed by atoms with Crippen molar-refractivity contribution in [1.29, 1.82) is 0 Å². The Bertz CT molecular complexity index is 779. The predicted molar refractivity (Wildman–Crippen MR) is 100 cm³/mol. The third-order valence-electron chi connectivity index (χ3n) is 3.59. The fourth-order valence-electron chi connectivity index (χ4n) is 2.60. The molecule has 1 aromatic carbocycles. The van der Waals surface area contributed by atoms with Crippen LogP contribution < -0.4 is 25.8 Å². The van der Waals surface area contributed by atoms with Gasteiger partial charge in [0.2, 0.25) is 0 Å². The van der Waals surface area contributed by atoms with Gasteiger partial charge >= 0.3 is 0 Å². The number of ketones is 1. The number of ether oxygens (including phenoxy) is 2. The summed E-state index contributed by atoms with van der Waals surface area (Å²) in [6.07, 6.45) is 0. The molecule has 0 aromatic heterocycles. The Morgan fingerprint density at radius 1 is 1.40 bits per heavy atom. The van der Waals surface area contributed by atoms with Crippen LogP contribution in [0.5, 0.6) is 11.5 Å². The topological polar surface area (TPSA) is 103 Å². The van der Waals surface area contributed by atoms with Crippen molar-refractivity contribution in [2.45, 2.75) is 19.9 Å². The Kier molecular flexibility index (Phi) is 6.02. The minimum atomic E-state index is -0.596. The number of allylic oxidation sites excluding steroid dienone is 1. The normalized spacial score (nSPS) is 16.8. The Morgan fingerprint density at radius 3 is 2.64 bits per heavy atom. The molecule has 0 spiro atoms. The average molecular weight is 428 g/mol. The van der Waals surface area contributed by atoms with E-state index < -0.39 is 11.9 Å². The second-order valence-corrected chi connectivity index (χ2v) is 6.68. The highest BCUT2D eigenvalue weighted by Gasteiger charge is 2.29. The molecule has 0 aliphatic carbocycles. The molecule has 1 heterocycles. The van der Waals surface area contributed by atoms with Crippen molar-refractivity contribution >= 4 is 45.0 Å². The molecule has 0 bridgehead atoms. The van der Waals surface area contributed by atoms with Crippen LogP contribution in [0.25, 0.3) is 0 Å². The van der Waals surface area contributed by atoms with Crippen molar-refractivity contribution in [3.05, 3.63) is 33.4 Å². The average Bonchev–Trinajstić information content (AvgIpc) is 2.51. The highest BCUT2D eigenvalue weighted by Crippen LogP contribution is 2.40. The Balaban J connectivity index is 2.50. The number of methoxy groups -OCH3 is 1. The molecule has 0 unspecified atom stereocenters. The lowest BCUT2D eigenvalue weighted by Gasteiger charge is -2.30. The van der Waals surface area contributed by atoms with Gasteiger partial charge in [-0.25, -0.2) is 0 Å². The quantitative estimate of drug-likeness (QED) is 0.593. The first kappa shape index (κ1) is 19.2. The van der Waals surface area contributed by atoms with Crippen LogP contribution in [0.4, 0.5) is 0 Å². The van der Waals surface area contributed by atoms with Crippen molar-refractivity contribution in [2.24, 2.45) is 5.73 Å². The SMILES string of the molecule is COc1cc([C@H]2NC(=S)NC(C)=C2C(C)=O)cc(Br)c1OCC(N)=O. The minimum Gasteiger partial charge on any atom is -0.493 e. The zero-order chi connectivity index (χ0) is 18.7. The molecule has 4 N–H and O–H groups in total. The van der Waals surface area contributed by atoms with Gasteiger partial charge in [-0.15, -0.1) is 0 Å². The lowest BCUT2D eigenvalue weighted by atomic mass is 9.93. The molecular weight excluding hydrogens is 410 g/mol. The van der Waals surface area contributed by atoms with Crippen molar-refractivity contribution in [1.82, 2.24) is 10.6 Å². The van der Waals surface area contributed by atoms with E-state index in [1.54, 1.807) is 19.1 Å². The van der Waals surface area contributed by atoms with Gasteiger partial charge in [0.25, 0.3) is 5.91 Å². The van der Waals surface area contributed by atoms with Crippen molar-refractivity contribution < 1.29 is 19.1 Å². The van der Waals surface area contributed by atoms with E-state index >= 15 is 0 Å². The molecule has 0 saturated carbocycles. The zero-order valence-electron chi connectivity index (χ0n) is 13.9. The van der Waals surface area contributed by atoms with Crippen molar-refractivity contribution in [2.75, 3.05) is 13.7 Å². The van der Waals surface area contributed by atoms with Crippen molar-refractivity contribution in [3.63, 3.8) is 0 Å². The van der Waals surface area contributed by atoms with Crippen LogP contribution in [0, 0.1) is 0 Å². The summed E-state index contributed by atoms with van der Waals surface area (Å²) in [7, 11) is 1.48. The summed E-state index contributed by atoms with van der Waals surface area (Å²) in [5.74, 6) is 0.0824. The van der Waals surface area contributed by atoms with Gasteiger partial charge in [-0.1, -0.05) is 0 Å². The van der Waals surface area contributed by atoms with Gasteiger partial charge in [-0.05, 0) is 59.7 Å². The predicted octanol–water partition coefficient (Wildman–Crippen LogP) is 1.70. The smallest absolute Gasteiger partial charge is 0.255 e.